The minimum absolute atomic E-state index is 0.123. The van der Waals surface area contributed by atoms with E-state index in [0.717, 1.165) is 29.3 Å². The van der Waals surface area contributed by atoms with Crippen molar-refractivity contribution in [2.75, 3.05) is 24.3 Å². The molecule has 1 aromatic heterocycles. The molecule has 31 heavy (non-hydrogen) atoms. The van der Waals surface area contributed by atoms with Crippen molar-refractivity contribution >= 4 is 35.0 Å². The highest BCUT2D eigenvalue weighted by Crippen LogP contribution is 2.31. The fraction of sp³-hybridized carbons (Fsp3) is 0.318. The Morgan fingerprint density at radius 2 is 2.00 bits per heavy atom. The lowest BCUT2D eigenvalue weighted by Gasteiger charge is -2.10. The minimum Gasteiger partial charge on any atom is -0.490 e. The Bertz CT molecular complexity index is 1070. The van der Waals surface area contributed by atoms with E-state index in [1.807, 2.05) is 29.7 Å². The van der Waals surface area contributed by atoms with E-state index in [2.05, 4.69) is 15.5 Å². The molecule has 0 bridgehead atoms. The summed E-state index contributed by atoms with van der Waals surface area (Å²) < 4.78 is 13.5. The highest BCUT2D eigenvalue weighted by molar-refractivity contribution is 7.99. The molecular formula is C22H23ClN4O3S. The number of aromatic nitrogens is 3. The first-order chi connectivity index (χ1) is 15.1. The monoisotopic (exact) mass is 458 g/mol. The summed E-state index contributed by atoms with van der Waals surface area (Å²) >= 11 is 7.32. The van der Waals surface area contributed by atoms with Crippen LogP contribution in [0.4, 0.5) is 5.69 Å². The van der Waals surface area contributed by atoms with E-state index in [9.17, 15) is 4.79 Å². The molecule has 162 valence electrons. The van der Waals surface area contributed by atoms with Gasteiger partial charge in [-0.15, -0.1) is 10.2 Å². The number of anilines is 1. The van der Waals surface area contributed by atoms with Crippen LogP contribution in [0.5, 0.6) is 11.5 Å². The van der Waals surface area contributed by atoms with Crippen LogP contribution in [0, 0.1) is 0 Å². The quantitative estimate of drug-likeness (QED) is 0.527. The van der Waals surface area contributed by atoms with Gasteiger partial charge in [-0.25, -0.2) is 0 Å². The smallest absolute Gasteiger partial charge is 0.234 e. The van der Waals surface area contributed by atoms with E-state index < -0.39 is 0 Å². The molecule has 4 rings (SSSR count). The topological polar surface area (TPSA) is 78.3 Å². The van der Waals surface area contributed by atoms with Gasteiger partial charge < -0.3 is 19.4 Å². The predicted octanol–water partition coefficient (Wildman–Crippen LogP) is 4.43. The van der Waals surface area contributed by atoms with Crippen molar-refractivity contribution in [3.8, 4) is 11.5 Å². The summed E-state index contributed by atoms with van der Waals surface area (Å²) in [5, 5.41) is 12.8. The van der Waals surface area contributed by atoms with Crippen LogP contribution in [0.25, 0.3) is 0 Å². The highest BCUT2D eigenvalue weighted by atomic mass is 35.5. The third kappa shape index (κ3) is 5.51. The maximum atomic E-state index is 12.3. The number of carbonyl (C=O) groups excluding carboxylic acids is 1. The maximum Gasteiger partial charge on any atom is 0.234 e. The molecule has 3 aromatic rings. The molecule has 0 atom stereocenters. The second-order valence-electron chi connectivity index (χ2n) is 7.00. The normalized spacial score (nSPS) is 13.0. The average molecular weight is 459 g/mol. The zero-order valence-corrected chi connectivity index (χ0v) is 18.7. The van der Waals surface area contributed by atoms with Crippen LogP contribution >= 0.6 is 23.4 Å². The van der Waals surface area contributed by atoms with E-state index in [1.54, 1.807) is 24.3 Å². The number of nitrogens with one attached hydrogen (secondary N) is 1. The van der Waals surface area contributed by atoms with Crippen LogP contribution in [0.2, 0.25) is 5.02 Å². The summed E-state index contributed by atoms with van der Waals surface area (Å²) in [5.74, 6) is 2.50. The van der Waals surface area contributed by atoms with E-state index in [4.69, 9.17) is 21.1 Å². The summed E-state index contributed by atoms with van der Waals surface area (Å²) in [4.78, 5) is 12.3. The van der Waals surface area contributed by atoms with Gasteiger partial charge in [0.05, 0.1) is 19.0 Å². The van der Waals surface area contributed by atoms with Gasteiger partial charge in [-0.1, -0.05) is 35.5 Å². The van der Waals surface area contributed by atoms with Gasteiger partial charge >= 0.3 is 0 Å². The molecule has 0 aliphatic carbocycles. The van der Waals surface area contributed by atoms with Crippen LogP contribution in [-0.2, 0) is 17.8 Å². The Morgan fingerprint density at radius 3 is 2.81 bits per heavy atom. The molecule has 0 spiro atoms. The van der Waals surface area contributed by atoms with Crippen molar-refractivity contribution < 1.29 is 14.3 Å². The molecular weight excluding hydrogens is 436 g/mol. The van der Waals surface area contributed by atoms with Gasteiger partial charge in [0.2, 0.25) is 5.91 Å². The average Bonchev–Trinajstić information content (AvgIpc) is 2.98. The van der Waals surface area contributed by atoms with Gasteiger partial charge in [-0.2, -0.15) is 0 Å². The van der Waals surface area contributed by atoms with Gasteiger partial charge in [0, 0.05) is 30.1 Å². The molecule has 0 fully saturated rings. The lowest BCUT2D eigenvalue weighted by molar-refractivity contribution is -0.113. The number of rotatable bonds is 7. The lowest BCUT2D eigenvalue weighted by Crippen LogP contribution is -2.14. The number of hydrogen-bond donors (Lipinski definition) is 1. The summed E-state index contributed by atoms with van der Waals surface area (Å²) in [6, 6.07) is 13.0. The van der Waals surface area contributed by atoms with Crippen molar-refractivity contribution in [1.29, 1.82) is 0 Å². The lowest BCUT2D eigenvalue weighted by atomic mass is 10.1. The molecule has 9 heteroatoms. The van der Waals surface area contributed by atoms with Gasteiger partial charge in [-0.05, 0) is 42.8 Å². The Hall–Kier alpha value is -2.71. The van der Waals surface area contributed by atoms with Crippen molar-refractivity contribution in [2.24, 2.45) is 0 Å². The number of benzene rings is 2. The molecule has 1 aliphatic heterocycles. The molecule has 1 N–H and O–H groups in total. The highest BCUT2D eigenvalue weighted by Gasteiger charge is 2.16. The van der Waals surface area contributed by atoms with Crippen molar-refractivity contribution in [1.82, 2.24) is 14.8 Å². The summed E-state index contributed by atoms with van der Waals surface area (Å²) in [6.45, 7) is 4.07. The molecule has 0 saturated heterocycles. The largest absolute Gasteiger partial charge is 0.490 e. The molecule has 7 nitrogen and oxygen atoms in total. The Kier molecular flexibility index (Phi) is 6.99. The van der Waals surface area contributed by atoms with Crippen LogP contribution in [0.15, 0.2) is 47.6 Å². The van der Waals surface area contributed by atoms with Crippen LogP contribution in [-0.4, -0.2) is 39.6 Å². The number of halogens is 1. The van der Waals surface area contributed by atoms with E-state index in [-0.39, 0.29) is 11.7 Å². The summed E-state index contributed by atoms with van der Waals surface area (Å²) in [7, 11) is 0. The fourth-order valence-corrected chi connectivity index (χ4v) is 4.28. The second kappa shape index (κ2) is 10.1. The van der Waals surface area contributed by atoms with Gasteiger partial charge in [-0.3, -0.25) is 4.79 Å². The molecule has 0 radical (unpaired) electrons. The number of thioether (sulfide) groups is 1. The van der Waals surface area contributed by atoms with Crippen LogP contribution in [0.1, 0.15) is 24.7 Å². The van der Waals surface area contributed by atoms with Gasteiger partial charge in [0.25, 0.3) is 0 Å². The minimum atomic E-state index is -0.123. The second-order valence-corrected chi connectivity index (χ2v) is 8.38. The van der Waals surface area contributed by atoms with Crippen LogP contribution < -0.4 is 14.8 Å². The molecule has 0 saturated carbocycles. The Morgan fingerprint density at radius 1 is 1.16 bits per heavy atom. The zero-order valence-electron chi connectivity index (χ0n) is 17.1. The van der Waals surface area contributed by atoms with E-state index >= 15 is 0 Å². The molecule has 2 aromatic carbocycles. The Balaban J connectivity index is 1.40. The number of ether oxygens (including phenoxy) is 2. The van der Waals surface area contributed by atoms with Gasteiger partial charge in [0.15, 0.2) is 16.7 Å². The Labute approximate surface area is 190 Å². The third-order valence-corrected chi connectivity index (χ3v) is 5.93. The van der Waals surface area contributed by atoms with Crippen molar-refractivity contribution in [3.05, 3.63) is 58.9 Å². The first-order valence-corrected chi connectivity index (χ1v) is 11.5. The number of carbonyl (C=O) groups is 1. The standard InChI is InChI=1S/C22H23ClN4O3S/c1-2-27-20(12-15-7-8-18-19(11-15)30-10-4-9-29-18)25-26-22(27)31-14-21(28)24-17-6-3-5-16(23)13-17/h3,5-8,11,13H,2,4,9-10,12,14H2,1H3,(H,24,28). The van der Waals surface area contributed by atoms with E-state index in [1.165, 1.54) is 11.8 Å². The number of hydrogen-bond acceptors (Lipinski definition) is 6. The maximum absolute atomic E-state index is 12.3. The fourth-order valence-electron chi connectivity index (χ4n) is 3.27. The first kappa shape index (κ1) is 21.5. The summed E-state index contributed by atoms with van der Waals surface area (Å²) in [6.07, 6.45) is 1.49. The van der Waals surface area contributed by atoms with Gasteiger partial charge in [0.1, 0.15) is 5.82 Å². The van der Waals surface area contributed by atoms with Crippen LogP contribution in [0.3, 0.4) is 0 Å². The SMILES string of the molecule is CCn1c(Cc2ccc3c(c2)OCCCO3)nnc1SCC(=O)Nc1cccc(Cl)c1. The third-order valence-electron chi connectivity index (χ3n) is 4.72. The number of nitrogens with zero attached hydrogens (tertiary/aromatic N) is 3. The summed E-state index contributed by atoms with van der Waals surface area (Å²) in [5.41, 5.74) is 1.74. The predicted molar refractivity (Wildman–Crippen MR) is 121 cm³/mol. The number of amides is 1. The molecule has 1 amide bonds. The molecule has 0 unspecified atom stereocenters. The molecule has 1 aliphatic rings. The van der Waals surface area contributed by atoms with Crippen molar-refractivity contribution in [2.45, 2.75) is 31.5 Å². The van der Waals surface area contributed by atoms with E-state index in [0.29, 0.717) is 42.0 Å². The molecule has 2 heterocycles. The zero-order chi connectivity index (χ0) is 21.6. The first-order valence-electron chi connectivity index (χ1n) is 10.1. The van der Waals surface area contributed by atoms with Crippen molar-refractivity contribution in [3.63, 3.8) is 0 Å². The number of fused-ring (bicyclic) bond motifs is 1.